The van der Waals surface area contributed by atoms with Gasteiger partial charge in [-0.15, -0.1) is 0 Å². The highest BCUT2D eigenvalue weighted by molar-refractivity contribution is 5.80. The van der Waals surface area contributed by atoms with Crippen LogP contribution in [0.2, 0.25) is 0 Å². The van der Waals surface area contributed by atoms with Crippen molar-refractivity contribution in [3.05, 3.63) is 23.3 Å². The van der Waals surface area contributed by atoms with Crippen LogP contribution < -0.4 is 15.2 Å². The van der Waals surface area contributed by atoms with Crippen molar-refractivity contribution in [3.8, 4) is 11.5 Å². The summed E-state index contributed by atoms with van der Waals surface area (Å²) in [5, 5.41) is 10.6. The third-order valence-corrected chi connectivity index (χ3v) is 5.38. The molecule has 132 valence electrons. The van der Waals surface area contributed by atoms with Gasteiger partial charge in [-0.1, -0.05) is 6.42 Å². The second kappa shape index (κ2) is 6.99. The van der Waals surface area contributed by atoms with Crippen LogP contribution >= 0.6 is 0 Å². The Kier molecular flexibility index (Phi) is 4.96. The molecular formula is C18H26N2O4. The average molecular weight is 334 g/mol. The molecule has 1 fully saturated rings. The van der Waals surface area contributed by atoms with Gasteiger partial charge in [0.2, 0.25) is 5.91 Å². The molecule has 1 aromatic rings. The van der Waals surface area contributed by atoms with Crippen LogP contribution in [0.5, 0.6) is 11.5 Å². The Labute approximate surface area is 142 Å². The van der Waals surface area contributed by atoms with Gasteiger partial charge in [0, 0.05) is 23.6 Å². The van der Waals surface area contributed by atoms with E-state index in [4.69, 9.17) is 15.2 Å². The average Bonchev–Trinajstić information content (AvgIpc) is 3.08. The Morgan fingerprint density at radius 2 is 2.00 bits per heavy atom. The Morgan fingerprint density at radius 3 is 2.67 bits per heavy atom. The number of hydrogen-bond donors (Lipinski definition) is 2. The van der Waals surface area contributed by atoms with Crippen molar-refractivity contribution >= 4 is 5.91 Å². The molecule has 0 spiro atoms. The maximum atomic E-state index is 13.0. The zero-order valence-corrected chi connectivity index (χ0v) is 14.3. The highest BCUT2D eigenvalue weighted by Gasteiger charge is 2.38. The molecule has 0 aromatic heterocycles. The lowest BCUT2D eigenvalue weighted by Gasteiger charge is -2.36. The predicted octanol–water partition coefficient (Wildman–Crippen LogP) is 1.45. The Bertz CT molecular complexity index is 619. The molecule has 1 amide bonds. The van der Waals surface area contributed by atoms with Crippen molar-refractivity contribution in [2.75, 3.05) is 27.3 Å². The van der Waals surface area contributed by atoms with E-state index in [2.05, 4.69) is 0 Å². The molecule has 3 atom stereocenters. The van der Waals surface area contributed by atoms with Crippen LogP contribution in [-0.4, -0.2) is 43.2 Å². The zero-order valence-electron chi connectivity index (χ0n) is 14.3. The van der Waals surface area contributed by atoms with E-state index in [1.165, 1.54) is 0 Å². The molecule has 6 heteroatoms. The summed E-state index contributed by atoms with van der Waals surface area (Å²) in [4.78, 5) is 14.7. The third kappa shape index (κ3) is 2.84. The van der Waals surface area contributed by atoms with Gasteiger partial charge >= 0.3 is 0 Å². The Hall–Kier alpha value is -1.79. The van der Waals surface area contributed by atoms with E-state index < -0.39 is 6.10 Å². The largest absolute Gasteiger partial charge is 0.496 e. The molecule has 0 saturated heterocycles. The number of hydrogen-bond acceptors (Lipinski definition) is 5. The second-order valence-corrected chi connectivity index (χ2v) is 6.63. The molecule has 1 aliphatic heterocycles. The lowest BCUT2D eigenvalue weighted by atomic mass is 9.91. The van der Waals surface area contributed by atoms with E-state index in [1.807, 2.05) is 6.07 Å². The van der Waals surface area contributed by atoms with Crippen LogP contribution in [0.1, 0.15) is 36.5 Å². The zero-order chi connectivity index (χ0) is 17.3. The summed E-state index contributed by atoms with van der Waals surface area (Å²) in [5.74, 6) is 1.62. The fraction of sp³-hybridized carbons (Fsp3) is 0.611. The van der Waals surface area contributed by atoms with E-state index in [1.54, 1.807) is 25.2 Å². The number of ether oxygens (including phenoxy) is 2. The molecule has 1 heterocycles. The van der Waals surface area contributed by atoms with Crippen molar-refractivity contribution in [1.29, 1.82) is 0 Å². The SMILES string of the molecule is COc1ccc(OC)c2c1CN(C(=O)[C@@H]1CCC[C@@H]1CN)CC2O. The molecule has 1 saturated carbocycles. The summed E-state index contributed by atoms with van der Waals surface area (Å²) in [6, 6.07) is 3.61. The molecule has 3 rings (SSSR count). The topological polar surface area (TPSA) is 85.0 Å². The van der Waals surface area contributed by atoms with Gasteiger partial charge in [-0.3, -0.25) is 4.79 Å². The van der Waals surface area contributed by atoms with Crippen LogP contribution in [0, 0.1) is 11.8 Å². The van der Waals surface area contributed by atoms with Crippen molar-refractivity contribution < 1.29 is 19.4 Å². The lowest BCUT2D eigenvalue weighted by Crippen LogP contribution is -2.43. The number of nitrogens with zero attached hydrogens (tertiary/aromatic N) is 1. The fourth-order valence-electron chi connectivity index (χ4n) is 4.12. The highest BCUT2D eigenvalue weighted by Crippen LogP contribution is 2.41. The smallest absolute Gasteiger partial charge is 0.226 e. The molecule has 2 aliphatic rings. The Morgan fingerprint density at radius 1 is 1.29 bits per heavy atom. The molecule has 0 radical (unpaired) electrons. The monoisotopic (exact) mass is 334 g/mol. The highest BCUT2D eigenvalue weighted by atomic mass is 16.5. The van der Waals surface area contributed by atoms with E-state index >= 15 is 0 Å². The fourth-order valence-corrected chi connectivity index (χ4v) is 4.12. The molecule has 1 unspecified atom stereocenters. The standard InChI is InChI=1S/C18H26N2O4/c1-23-15-6-7-16(24-2)17-13(15)9-20(10-14(17)21)18(22)12-5-3-4-11(12)8-19/h6-7,11-12,14,21H,3-5,8-10,19H2,1-2H3/t11-,12-,14?/m1/s1. The molecule has 1 aromatic carbocycles. The number of nitrogens with two attached hydrogens (primary N) is 1. The maximum absolute atomic E-state index is 13.0. The molecular weight excluding hydrogens is 308 g/mol. The van der Waals surface area contributed by atoms with E-state index in [0.717, 1.165) is 30.4 Å². The summed E-state index contributed by atoms with van der Waals surface area (Å²) < 4.78 is 10.8. The van der Waals surface area contributed by atoms with Gasteiger partial charge in [0.15, 0.2) is 0 Å². The van der Waals surface area contributed by atoms with Gasteiger partial charge in [-0.2, -0.15) is 0 Å². The van der Waals surface area contributed by atoms with Crippen molar-refractivity contribution in [1.82, 2.24) is 4.90 Å². The lowest BCUT2D eigenvalue weighted by molar-refractivity contribution is -0.139. The molecule has 1 aliphatic carbocycles. The molecule has 6 nitrogen and oxygen atoms in total. The van der Waals surface area contributed by atoms with E-state index in [9.17, 15) is 9.90 Å². The summed E-state index contributed by atoms with van der Waals surface area (Å²) in [7, 11) is 3.17. The van der Waals surface area contributed by atoms with Crippen molar-refractivity contribution in [2.24, 2.45) is 17.6 Å². The van der Waals surface area contributed by atoms with Crippen molar-refractivity contribution in [2.45, 2.75) is 31.9 Å². The van der Waals surface area contributed by atoms with Crippen LogP contribution in [0.3, 0.4) is 0 Å². The van der Waals surface area contributed by atoms with Gasteiger partial charge < -0.3 is 25.2 Å². The quantitative estimate of drug-likeness (QED) is 0.871. The normalized spacial score (nSPS) is 26.2. The van der Waals surface area contributed by atoms with Gasteiger partial charge in [-0.25, -0.2) is 0 Å². The minimum atomic E-state index is -0.777. The summed E-state index contributed by atoms with van der Waals surface area (Å²) in [6.45, 7) is 1.25. The number of rotatable bonds is 4. The second-order valence-electron chi connectivity index (χ2n) is 6.63. The minimum Gasteiger partial charge on any atom is -0.496 e. The van der Waals surface area contributed by atoms with Gasteiger partial charge in [0.05, 0.1) is 20.8 Å². The number of β-amino-alcohol motifs (C(OH)–C–C–N with tert-alkyl or cyclic N) is 1. The number of carbonyl (C=O) groups is 1. The van der Waals surface area contributed by atoms with Crippen LogP contribution in [0.25, 0.3) is 0 Å². The first-order chi connectivity index (χ1) is 11.6. The summed E-state index contributed by atoms with van der Waals surface area (Å²) in [6.07, 6.45) is 2.16. The number of fused-ring (bicyclic) bond motifs is 1. The van der Waals surface area contributed by atoms with Crippen molar-refractivity contribution in [3.63, 3.8) is 0 Å². The summed E-state index contributed by atoms with van der Waals surface area (Å²) in [5.41, 5.74) is 7.37. The number of carbonyl (C=O) groups excluding carboxylic acids is 1. The number of aliphatic hydroxyl groups excluding tert-OH is 1. The first-order valence-electron chi connectivity index (χ1n) is 8.51. The molecule has 24 heavy (non-hydrogen) atoms. The van der Waals surface area contributed by atoms with E-state index in [-0.39, 0.29) is 24.3 Å². The van der Waals surface area contributed by atoms with Crippen LogP contribution in [0.4, 0.5) is 0 Å². The number of methoxy groups -OCH3 is 2. The predicted molar refractivity (Wildman–Crippen MR) is 89.8 cm³/mol. The third-order valence-electron chi connectivity index (χ3n) is 5.38. The molecule has 3 N–H and O–H groups in total. The van der Waals surface area contributed by atoms with Crippen LogP contribution in [0.15, 0.2) is 12.1 Å². The number of amides is 1. The maximum Gasteiger partial charge on any atom is 0.226 e. The number of benzene rings is 1. The van der Waals surface area contributed by atoms with Crippen LogP contribution in [-0.2, 0) is 11.3 Å². The van der Waals surface area contributed by atoms with Gasteiger partial charge in [-0.05, 0) is 37.4 Å². The minimum absolute atomic E-state index is 0.0275. The first kappa shape index (κ1) is 17.0. The van der Waals surface area contributed by atoms with Gasteiger partial charge in [0.25, 0.3) is 0 Å². The number of aliphatic hydroxyl groups is 1. The first-order valence-corrected chi connectivity index (χ1v) is 8.51. The van der Waals surface area contributed by atoms with E-state index in [0.29, 0.717) is 24.6 Å². The molecule has 0 bridgehead atoms. The summed E-state index contributed by atoms with van der Waals surface area (Å²) >= 11 is 0. The van der Waals surface area contributed by atoms with Gasteiger partial charge in [0.1, 0.15) is 17.6 Å². The Balaban J connectivity index is 1.90.